The highest BCUT2D eigenvalue weighted by molar-refractivity contribution is 7.99. The monoisotopic (exact) mass is 268 g/mol. The van der Waals surface area contributed by atoms with Crippen LogP contribution in [-0.4, -0.2) is 22.3 Å². The van der Waals surface area contributed by atoms with E-state index < -0.39 is 0 Å². The van der Waals surface area contributed by atoms with Crippen LogP contribution in [0.4, 0.5) is 0 Å². The van der Waals surface area contributed by atoms with Crippen molar-refractivity contribution >= 4 is 11.8 Å². The highest BCUT2D eigenvalue weighted by Crippen LogP contribution is 2.29. The number of H-pyrrole nitrogens is 1. The quantitative estimate of drug-likeness (QED) is 0.891. The molecule has 1 aromatic heterocycles. The maximum atomic E-state index is 11.5. The van der Waals surface area contributed by atoms with Crippen LogP contribution >= 0.6 is 11.8 Å². The fourth-order valence-corrected chi connectivity index (χ4v) is 3.48. The van der Waals surface area contributed by atoms with Gasteiger partial charge in [0.2, 0.25) is 0 Å². The number of hydrogen-bond donors (Lipinski definition) is 1. The van der Waals surface area contributed by atoms with Crippen LogP contribution in [0.25, 0.3) is 0 Å². The third-order valence-electron chi connectivity index (χ3n) is 3.14. The van der Waals surface area contributed by atoms with Gasteiger partial charge in [-0.05, 0) is 12.8 Å². The summed E-state index contributed by atoms with van der Waals surface area (Å²) in [4.78, 5) is 18.7. The van der Waals surface area contributed by atoms with Gasteiger partial charge in [-0.1, -0.05) is 19.3 Å². The first-order valence-electron chi connectivity index (χ1n) is 6.47. The van der Waals surface area contributed by atoms with E-state index in [-0.39, 0.29) is 5.56 Å². The van der Waals surface area contributed by atoms with E-state index in [1.165, 1.54) is 38.2 Å². The third kappa shape index (κ3) is 4.14. The first-order chi connectivity index (χ1) is 8.78. The van der Waals surface area contributed by atoms with E-state index in [0.29, 0.717) is 12.3 Å². The molecule has 5 heteroatoms. The molecular formula is C13H20N2O2S. The third-order valence-corrected chi connectivity index (χ3v) is 4.53. The lowest BCUT2D eigenvalue weighted by Crippen LogP contribution is -2.14. The fourth-order valence-electron chi connectivity index (χ4n) is 2.28. The molecule has 0 spiro atoms. The minimum Gasteiger partial charge on any atom is -0.378 e. The second kappa shape index (κ2) is 6.95. The summed E-state index contributed by atoms with van der Waals surface area (Å²) in [5, 5.41) is 0.732. The molecule has 1 aliphatic rings. The van der Waals surface area contributed by atoms with Gasteiger partial charge in [0, 0.05) is 18.4 Å². The van der Waals surface area contributed by atoms with Crippen molar-refractivity contribution < 1.29 is 4.74 Å². The molecule has 1 fully saturated rings. The first-order valence-corrected chi connectivity index (χ1v) is 7.52. The van der Waals surface area contributed by atoms with Crippen molar-refractivity contribution in [1.29, 1.82) is 0 Å². The molecule has 1 saturated carbocycles. The first kappa shape index (κ1) is 13.6. The molecule has 1 aliphatic carbocycles. The molecule has 100 valence electrons. The Hall–Kier alpha value is -0.810. The molecule has 2 rings (SSSR count). The van der Waals surface area contributed by atoms with Crippen LogP contribution in [0, 0.1) is 0 Å². The second-order valence-electron chi connectivity index (χ2n) is 4.69. The molecule has 1 aromatic rings. The number of ether oxygens (including phenoxy) is 1. The maximum absolute atomic E-state index is 11.5. The highest BCUT2D eigenvalue weighted by Gasteiger charge is 2.14. The van der Waals surface area contributed by atoms with Crippen molar-refractivity contribution in [2.24, 2.45) is 0 Å². The summed E-state index contributed by atoms with van der Waals surface area (Å²) >= 11 is 1.91. The summed E-state index contributed by atoms with van der Waals surface area (Å²) in [5.74, 6) is 1.56. The Morgan fingerprint density at radius 1 is 1.44 bits per heavy atom. The lowest BCUT2D eigenvalue weighted by molar-refractivity contribution is 0.181. The molecule has 18 heavy (non-hydrogen) atoms. The van der Waals surface area contributed by atoms with E-state index in [1.807, 2.05) is 11.8 Å². The van der Waals surface area contributed by atoms with Crippen molar-refractivity contribution in [1.82, 2.24) is 9.97 Å². The van der Waals surface area contributed by atoms with Gasteiger partial charge in [0.25, 0.3) is 5.56 Å². The Morgan fingerprint density at radius 3 is 2.94 bits per heavy atom. The van der Waals surface area contributed by atoms with Gasteiger partial charge < -0.3 is 9.72 Å². The number of nitrogens with zero attached hydrogens (tertiary/aromatic N) is 1. The number of thioether (sulfide) groups is 1. The molecule has 0 bridgehead atoms. The lowest BCUT2D eigenvalue weighted by Gasteiger charge is -2.20. The molecule has 0 radical (unpaired) electrons. The average molecular weight is 268 g/mol. The van der Waals surface area contributed by atoms with Crippen molar-refractivity contribution in [3.8, 4) is 0 Å². The van der Waals surface area contributed by atoms with Crippen molar-refractivity contribution in [2.45, 2.75) is 49.7 Å². The van der Waals surface area contributed by atoms with E-state index in [2.05, 4.69) is 9.97 Å². The summed E-state index contributed by atoms with van der Waals surface area (Å²) in [5.41, 5.74) is 0.622. The van der Waals surface area contributed by atoms with Gasteiger partial charge in [-0.3, -0.25) is 4.79 Å². The van der Waals surface area contributed by atoms with Crippen LogP contribution in [0.3, 0.4) is 0 Å². The Kier molecular flexibility index (Phi) is 5.26. The van der Waals surface area contributed by atoms with Crippen LogP contribution in [0.1, 0.15) is 43.6 Å². The molecule has 4 nitrogen and oxygen atoms in total. The zero-order chi connectivity index (χ0) is 12.8. The average Bonchev–Trinajstić information content (AvgIpc) is 2.37. The molecule has 0 unspecified atom stereocenters. The van der Waals surface area contributed by atoms with Crippen LogP contribution in [-0.2, 0) is 17.1 Å². The number of aromatic amines is 1. The molecule has 0 aromatic carbocycles. The van der Waals surface area contributed by atoms with Crippen LogP contribution in [0.2, 0.25) is 0 Å². The predicted molar refractivity (Wildman–Crippen MR) is 73.7 cm³/mol. The van der Waals surface area contributed by atoms with Gasteiger partial charge in [-0.15, -0.1) is 0 Å². The van der Waals surface area contributed by atoms with Crippen LogP contribution in [0.5, 0.6) is 0 Å². The normalized spacial score (nSPS) is 16.9. The topological polar surface area (TPSA) is 55.0 Å². The summed E-state index contributed by atoms with van der Waals surface area (Å²) in [6, 6.07) is 1.50. The highest BCUT2D eigenvalue weighted by atomic mass is 32.2. The Morgan fingerprint density at radius 2 is 2.22 bits per heavy atom. The van der Waals surface area contributed by atoms with Gasteiger partial charge in [0.15, 0.2) is 0 Å². The predicted octanol–water partition coefficient (Wildman–Crippen LogP) is 2.48. The van der Waals surface area contributed by atoms with Gasteiger partial charge in [0.1, 0.15) is 5.82 Å². The lowest BCUT2D eigenvalue weighted by atomic mass is 10.0. The summed E-state index contributed by atoms with van der Waals surface area (Å²) in [6.45, 7) is 0.394. The molecular weight excluding hydrogens is 248 g/mol. The Balaban J connectivity index is 1.93. The number of aromatic nitrogens is 2. The maximum Gasteiger partial charge on any atom is 0.251 e. The second-order valence-corrected chi connectivity index (χ2v) is 5.98. The van der Waals surface area contributed by atoms with Crippen molar-refractivity contribution in [3.63, 3.8) is 0 Å². The molecule has 1 heterocycles. The zero-order valence-electron chi connectivity index (χ0n) is 10.8. The van der Waals surface area contributed by atoms with Crippen molar-refractivity contribution in [3.05, 3.63) is 27.9 Å². The standard InChI is InChI=1S/C13H20N2O2S/c1-17-8-10-7-13(16)15-12(14-10)9-18-11-5-3-2-4-6-11/h7,11H,2-6,8-9H2,1H3,(H,14,15,16). The molecule has 1 N–H and O–H groups in total. The minimum absolute atomic E-state index is 0.0868. The largest absolute Gasteiger partial charge is 0.378 e. The summed E-state index contributed by atoms with van der Waals surface area (Å²) in [7, 11) is 1.61. The van der Waals surface area contributed by atoms with E-state index >= 15 is 0 Å². The van der Waals surface area contributed by atoms with Gasteiger partial charge in [0.05, 0.1) is 18.1 Å². The summed E-state index contributed by atoms with van der Waals surface area (Å²) < 4.78 is 5.01. The fraction of sp³-hybridized carbons (Fsp3) is 0.692. The van der Waals surface area contributed by atoms with Crippen molar-refractivity contribution in [2.75, 3.05) is 7.11 Å². The van der Waals surface area contributed by atoms with Gasteiger partial charge in [-0.2, -0.15) is 11.8 Å². The van der Waals surface area contributed by atoms with Crippen LogP contribution in [0.15, 0.2) is 10.9 Å². The molecule has 0 aliphatic heterocycles. The number of methoxy groups -OCH3 is 1. The Labute approximate surface area is 112 Å². The smallest absolute Gasteiger partial charge is 0.251 e. The van der Waals surface area contributed by atoms with E-state index in [4.69, 9.17) is 4.74 Å². The van der Waals surface area contributed by atoms with Gasteiger partial charge >= 0.3 is 0 Å². The molecule has 0 saturated heterocycles. The van der Waals surface area contributed by atoms with E-state index in [9.17, 15) is 4.79 Å². The molecule has 0 atom stereocenters. The van der Waals surface area contributed by atoms with Gasteiger partial charge in [-0.25, -0.2) is 4.98 Å². The SMILES string of the molecule is COCc1cc(=O)[nH]c(CSC2CCCCC2)n1. The Bertz CT molecular complexity index is 427. The van der Waals surface area contributed by atoms with E-state index in [0.717, 1.165) is 16.8 Å². The summed E-state index contributed by atoms with van der Waals surface area (Å²) in [6.07, 6.45) is 6.64. The minimum atomic E-state index is -0.0868. The zero-order valence-corrected chi connectivity index (χ0v) is 11.6. The van der Waals surface area contributed by atoms with E-state index in [1.54, 1.807) is 7.11 Å². The molecule has 0 amide bonds. The number of hydrogen-bond acceptors (Lipinski definition) is 4. The number of rotatable bonds is 5. The van der Waals surface area contributed by atoms with Crippen LogP contribution < -0.4 is 5.56 Å². The number of nitrogens with one attached hydrogen (secondary N) is 1.